The van der Waals surface area contributed by atoms with Crippen molar-refractivity contribution >= 4 is 11.5 Å². The van der Waals surface area contributed by atoms with Crippen LogP contribution in [0.5, 0.6) is 0 Å². The number of nitrogens with zero attached hydrogens (tertiary/aromatic N) is 2. The van der Waals surface area contributed by atoms with Crippen LogP contribution in [0.3, 0.4) is 0 Å². The number of fused-ring (bicyclic) bond motifs is 1. The Bertz CT molecular complexity index is 534. The van der Waals surface area contributed by atoms with E-state index in [-0.39, 0.29) is 0 Å². The third-order valence-corrected chi connectivity index (χ3v) is 3.26. The minimum atomic E-state index is 1.06. The molecule has 0 saturated heterocycles. The molecule has 2 heterocycles. The van der Waals surface area contributed by atoms with E-state index < -0.39 is 0 Å². The van der Waals surface area contributed by atoms with Gasteiger partial charge in [-0.15, -0.1) is 0 Å². The number of benzene rings is 1. The summed E-state index contributed by atoms with van der Waals surface area (Å²) in [6.45, 7) is 7.10. The average Bonchev–Trinajstić information content (AvgIpc) is 2.49. The van der Waals surface area contributed by atoms with Crippen molar-refractivity contribution in [3.05, 3.63) is 53.7 Å². The van der Waals surface area contributed by atoms with Gasteiger partial charge < -0.3 is 4.90 Å². The highest BCUT2D eigenvalue weighted by atomic mass is 15.2. The maximum atomic E-state index is 4.62. The van der Waals surface area contributed by atoms with E-state index in [1.165, 1.54) is 24.1 Å². The largest absolute Gasteiger partial charge is 0.326 e. The third kappa shape index (κ3) is 2.95. The van der Waals surface area contributed by atoms with Gasteiger partial charge in [0.1, 0.15) is 5.82 Å². The van der Waals surface area contributed by atoms with Crippen LogP contribution >= 0.6 is 0 Å². The molecule has 0 saturated carbocycles. The van der Waals surface area contributed by atoms with Crippen LogP contribution in [0.1, 0.15) is 31.5 Å². The van der Waals surface area contributed by atoms with Crippen LogP contribution in [0.4, 0.5) is 11.5 Å². The molecule has 3 rings (SSSR count). The molecule has 1 aromatic carbocycles. The number of aryl methyl sites for hydroxylation is 2. The van der Waals surface area contributed by atoms with E-state index in [9.17, 15) is 0 Å². The molecule has 1 aromatic heterocycles. The summed E-state index contributed by atoms with van der Waals surface area (Å²) in [6.07, 6.45) is 2.38. The van der Waals surface area contributed by atoms with Crippen molar-refractivity contribution < 1.29 is 0 Å². The topological polar surface area (TPSA) is 16.1 Å². The molecule has 0 radical (unpaired) electrons. The smallest absolute Gasteiger partial charge is 0.133 e. The van der Waals surface area contributed by atoms with E-state index >= 15 is 0 Å². The lowest BCUT2D eigenvalue weighted by molar-refractivity contribution is 0.758. The molecule has 2 aromatic rings. The molecule has 1 aliphatic rings. The van der Waals surface area contributed by atoms with E-state index in [4.69, 9.17) is 0 Å². The SMILES string of the molecule is CC.Cc1cccc(N2CCCc3ccccc32)n1. The summed E-state index contributed by atoms with van der Waals surface area (Å²) in [5.74, 6) is 1.07. The second-order valence-corrected chi connectivity index (χ2v) is 4.52. The monoisotopic (exact) mass is 254 g/mol. The molecule has 0 spiro atoms. The molecule has 2 heteroatoms. The second kappa shape index (κ2) is 6.37. The third-order valence-electron chi connectivity index (χ3n) is 3.26. The summed E-state index contributed by atoms with van der Waals surface area (Å²) in [4.78, 5) is 6.95. The van der Waals surface area contributed by atoms with Crippen LogP contribution < -0.4 is 4.90 Å². The zero-order chi connectivity index (χ0) is 13.7. The van der Waals surface area contributed by atoms with Crippen molar-refractivity contribution in [3.8, 4) is 0 Å². The lowest BCUT2D eigenvalue weighted by atomic mass is 10.0. The van der Waals surface area contributed by atoms with Crippen LogP contribution in [0.2, 0.25) is 0 Å². The first-order valence-electron chi connectivity index (χ1n) is 7.14. The summed E-state index contributed by atoms with van der Waals surface area (Å²) in [5.41, 5.74) is 3.82. The molecular weight excluding hydrogens is 232 g/mol. The van der Waals surface area contributed by atoms with Crippen LogP contribution in [0.15, 0.2) is 42.5 Å². The number of rotatable bonds is 1. The minimum Gasteiger partial charge on any atom is -0.326 e. The van der Waals surface area contributed by atoms with E-state index in [1.54, 1.807) is 0 Å². The summed E-state index contributed by atoms with van der Waals surface area (Å²) in [5, 5.41) is 0. The van der Waals surface area contributed by atoms with E-state index in [1.807, 2.05) is 26.8 Å². The van der Waals surface area contributed by atoms with Gasteiger partial charge in [0.05, 0.1) is 0 Å². The number of pyridine rings is 1. The normalized spacial score (nSPS) is 13.3. The van der Waals surface area contributed by atoms with Crippen molar-refractivity contribution in [1.29, 1.82) is 0 Å². The average molecular weight is 254 g/mol. The molecular formula is C17H22N2. The first-order valence-corrected chi connectivity index (χ1v) is 7.14. The Labute approximate surface area is 116 Å². The summed E-state index contributed by atoms with van der Waals surface area (Å²) in [6, 6.07) is 14.8. The Morgan fingerprint density at radius 1 is 1.00 bits per heavy atom. The molecule has 0 aliphatic carbocycles. The Kier molecular flexibility index (Phi) is 4.56. The van der Waals surface area contributed by atoms with E-state index in [0.717, 1.165) is 18.1 Å². The number of aromatic nitrogens is 1. The van der Waals surface area contributed by atoms with Gasteiger partial charge in [-0.3, -0.25) is 0 Å². The van der Waals surface area contributed by atoms with Gasteiger partial charge in [0.15, 0.2) is 0 Å². The highest BCUT2D eigenvalue weighted by molar-refractivity contribution is 5.65. The van der Waals surface area contributed by atoms with Gasteiger partial charge in [-0.1, -0.05) is 38.1 Å². The highest BCUT2D eigenvalue weighted by Gasteiger charge is 2.18. The zero-order valence-corrected chi connectivity index (χ0v) is 12.1. The van der Waals surface area contributed by atoms with Gasteiger partial charge in [-0.25, -0.2) is 4.98 Å². The fourth-order valence-electron chi connectivity index (χ4n) is 2.45. The number of hydrogen-bond donors (Lipinski definition) is 0. The maximum absolute atomic E-state index is 4.62. The number of hydrogen-bond acceptors (Lipinski definition) is 2. The summed E-state index contributed by atoms with van der Waals surface area (Å²) in [7, 11) is 0. The van der Waals surface area contributed by atoms with Crippen molar-refractivity contribution in [3.63, 3.8) is 0 Å². The fraction of sp³-hybridized carbons (Fsp3) is 0.353. The minimum absolute atomic E-state index is 1.06. The lowest BCUT2D eigenvalue weighted by Gasteiger charge is -2.30. The Hall–Kier alpha value is -1.83. The van der Waals surface area contributed by atoms with Gasteiger partial charge in [0.25, 0.3) is 0 Å². The summed E-state index contributed by atoms with van der Waals surface area (Å²) < 4.78 is 0. The van der Waals surface area contributed by atoms with Crippen molar-refractivity contribution in [2.24, 2.45) is 0 Å². The molecule has 100 valence electrons. The van der Waals surface area contributed by atoms with E-state index in [0.29, 0.717) is 0 Å². The maximum Gasteiger partial charge on any atom is 0.133 e. The first kappa shape index (κ1) is 13.6. The van der Waals surface area contributed by atoms with Crippen molar-refractivity contribution in [2.45, 2.75) is 33.6 Å². The predicted octanol–water partition coefficient (Wildman–Crippen LogP) is 4.50. The number of para-hydroxylation sites is 1. The molecule has 0 unspecified atom stereocenters. The van der Waals surface area contributed by atoms with Gasteiger partial charge in [-0.2, -0.15) is 0 Å². The number of anilines is 2. The Morgan fingerprint density at radius 3 is 2.58 bits per heavy atom. The summed E-state index contributed by atoms with van der Waals surface area (Å²) >= 11 is 0. The van der Waals surface area contributed by atoms with Crippen molar-refractivity contribution in [2.75, 3.05) is 11.4 Å². The van der Waals surface area contributed by atoms with Crippen LogP contribution in [0.25, 0.3) is 0 Å². The quantitative estimate of drug-likeness (QED) is 0.745. The molecule has 19 heavy (non-hydrogen) atoms. The van der Waals surface area contributed by atoms with Crippen LogP contribution in [0, 0.1) is 6.92 Å². The molecule has 0 fully saturated rings. The van der Waals surface area contributed by atoms with Crippen LogP contribution in [-0.2, 0) is 6.42 Å². The molecule has 0 atom stereocenters. The van der Waals surface area contributed by atoms with Crippen LogP contribution in [-0.4, -0.2) is 11.5 Å². The molecule has 0 amide bonds. The highest BCUT2D eigenvalue weighted by Crippen LogP contribution is 2.31. The van der Waals surface area contributed by atoms with Crippen molar-refractivity contribution in [1.82, 2.24) is 4.98 Å². The predicted molar refractivity (Wildman–Crippen MR) is 82.1 cm³/mol. The molecule has 2 nitrogen and oxygen atoms in total. The van der Waals surface area contributed by atoms with Gasteiger partial charge >= 0.3 is 0 Å². The zero-order valence-electron chi connectivity index (χ0n) is 12.1. The Morgan fingerprint density at radius 2 is 1.79 bits per heavy atom. The molecule has 0 N–H and O–H groups in total. The first-order chi connectivity index (χ1) is 9.34. The fourth-order valence-corrected chi connectivity index (χ4v) is 2.45. The van der Waals surface area contributed by atoms with Gasteiger partial charge in [0.2, 0.25) is 0 Å². The lowest BCUT2D eigenvalue weighted by Crippen LogP contribution is -2.25. The van der Waals surface area contributed by atoms with Gasteiger partial charge in [-0.05, 0) is 43.5 Å². The Balaban J connectivity index is 0.000000637. The molecule has 1 aliphatic heterocycles. The molecule has 0 bridgehead atoms. The second-order valence-electron chi connectivity index (χ2n) is 4.52. The standard InChI is InChI=1S/C15H16N2.C2H6/c1-12-6-4-10-15(16-12)17-11-5-8-13-7-2-3-9-14(13)17;1-2/h2-4,6-7,9-10H,5,8,11H2,1H3;1-2H3. The van der Waals surface area contributed by atoms with Gasteiger partial charge in [0, 0.05) is 17.9 Å². The van der Waals surface area contributed by atoms with E-state index in [2.05, 4.69) is 46.3 Å².